The summed E-state index contributed by atoms with van der Waals surface area (Å²) >= 11 is 0. The van der Waals surface area contributed by atoms with Crippen molar-refractivity contribution in [1.82, 2.24) is 0 Å². The van der Waals surface area contributed by atoms with Gasteiger partial charge in [0.05, 0.1) is 5.71 Å². The van der Waals surface area contributed by atoms with Crippen molar-refractivity contribution in [3.63, 3.8) is 0 Å². The van der Waals surface area contributed by atoms with E-state index >= 15 is 0 Å². The Morgan fingerprint density at radius 2 is 1.76 bits per heavy atom. The predicted octanol–water partition coefficient (Wildman–Crippen LogP) is 4.51. The molecule has 1 aliphatic heterocycles. The van der Waals surface area contributed by atoms with Gasteiger partial charge in [0.2, 0.25) is 0 Å². The first-order valence-corrected chi connectivity index (χ1v) is 7.91. The summed E-state index contributed by atoms with van der Waals surface area (Å²) in [7, 11) is 0. The number of hydrogen-bond donors (Lipinski definition) is 0. The van der Waals surface area contributed by atoms with Gasteiger partial charge in [-0.15, -0.1) is 0 Å². The number of fused-ring (bicyclic) bond motifs is 2. The second kappa shape index (κ2) is 5.09. The predicted molar refractivity (Wildman–Crippen MR) is 92.5 cm³/mol. The molecule has 0 atom stereocenters. The summed E-state index contributed by atoms with van der Waals surface area (Å²) in [6.07, 6.45) is 0. The molecule has 0 unspecified atom stereocenters. The van der Waals surface area contributed by atoms with Gasteiger partial charge in [0.25, 0.3) is 5.92 Å². The second-order valence-electron chi connectivity index (χ2n) is 6.65. The molecule has 0 saturated heterocycles. The van der Waals surface area contributed by atoms with E-state index in [9.17, 15) is 13.6 Å². The molecular formula is C20H15F2NO2. The lowest BCUT2D eigenvalue weighted by Crippen LogP contribution is -2.44. The van der Waals surface area contributed by atoms with Gasteiger partial charge in [-0.25, -0.2) is 4.79 Å². The van der Waals surface area contributed by atoms with Crippen LogP contribution in [0.15, 0.2) is 68.8 Å². The molecule has 0 amide bonds. The van der Waals surface area contributed by atoms with Crippen LogP contribution in [0.1, 0.15) is 30.5 Å². The molecule has 2 aromatic carbocycles. The first kappa shape index (κ1) is 15.7. The maximum atomic E-state index is 14.8. The average Bonchev–Trinajstić information content (AvgIpc) is 2.58. The Hall–Kier alpha value is -2.82. The van der Waals surface area contributed by atoms with Gasteiger partial charge in [0, 0.05) is 28.1 Å². The number of alkyl halides is 2. The van der Waals surface area contributed by atoms with Crippen LogP contribution in [0.25, 0.3) is 11.0 Å². The van der Waals surface area contributed by atoms with Crippen molar-refractivity contribution < 1.29 is 13.2 Å². The zero-order valence-corrected chi connectivity index (χ0v) is 13.7. The molecule has 0 bridgehead atoms. The van der Waals surface area contributed by atoms with Gasteiger partial charge < -0.3 is 4.42 Å². The summed E-state index contributed by atoms with van der Waals surface area (Å²) in [5, 5.41) is 0.715. The molecule has 5 heteroatoms. The molecule has 25 heavy (non-hydrogen) atoms. The summed E-state index contributed by atoms with van der Waals surface area (Å²) in [6, 6.07) is 14.6. The largest absolute Gasteiger partial charge is 0.423 e. The molecule has 3 aromatic rings. The Labute approximate surface area is 142 Å². The second-order valence-corrected chi connectivity index (χ2v) is 6.65. The summed E-state index contributed by atoms with van der Waals surface area (Å²) in [6.45, 7) is 2.87. The van der Waals surface area contributed by atoms with E-state index in [2.05, 4.69) is 4.99 Å². The van der Waals surface area contributed by atoms with Gasteiger partial charge in [-0.05, 0) is 38.1 Å². The number of aliphatic imine (C=N–C) groups is 1. The molecule has 1 aromatic heterocycles. The van der Waals surface area contributed by atoms with Crippen molar-refractivity contribution in [3.05, 3.63) is 81.7 Å². The quantitative estimate of drug-likeness (QED) is 0.612. The monoisotopic (exact) mass is 339 g/mol. The topological polar surface area (TPSA) is 42.6 Å². The van der Waals surface area contributed by atoms with E-state index in [1.807, 2.05) is 0 Å². The highest BCUT2D eigenvalue weighted by Crippen LogP contribution is 2.46. The van der Waals surface area contributed by atoms with Crippen LogP contribution in [0.4, 0.5) is 8.78 Å². The van der Waals surface area contributed by atoms with Gasteiger partial charge >= 0.3 is 5.63 Å². The Bertz CT molecular complexity index is 1080. The van der Waals surface area contributed by atoms with Crippen LogP contribution in [-0.2, 0) is 5.92 Å². The highest BCUT2D eigenvalue weighted by atomic mass is 19.3. The first-order valence-electron chi connectivity index (χ1n) is 7.91. The highest BCUT2D eigenvalue weighted by molar-refractivity contribution is 6.15. The Morgan fingerprint density at radius 1 is 1.00 bits per heavy atom. The van der Waals surface area contributed by atoms with Crippen LogP contribution < -0.4 is 5.63 Å². The number of benzene rings is 2. The third-order valence-corrected chi connectivity index (χ3v) is 4.57. The fraction of sp³-hybridized carbons (Fsp3) is 0.200. The van der Waals surface area contributed by atoms with E-state index < -0.39 is 17.1 Å². The molecule has 0 spiro atoms. The minimum Gasteiger partial charge on any atom is -0.423 e. The molecule has 0 aliphatic carbocycles. The Kier molecular flexibility index (Phi) is 3.19. The van der Waals surface area contributed by atoms with Crippen LogP contribution in [0.3, 0.4) is 0 Å². The zero-order valence-electron chi connectivity index (χ0n) is 13.7. The van der Waals surface area contributed by atoms with Gasteiger partial charge in [0.1, 0.15) is 11.1 Å². The number of hydrogen-bond acceptors (Lipinski definition) is 3. The molecule has 0 N–H and O–H groups in total. The smallest absolute Gasteiger partial charge is 0.336 e. The standard InChI is InChI=1S/C20H15F2NO2/c1-19(2)20(21,22)15-6-4-3-5-14(15)18(23-19)13-7-9-16-12(11-13)8-10-17(24)25-16/h3-11H,1-2H3. The van der Waals surface area contributed by atoms with Crippen LogP contribution in [0.5, 0.6) is 0 Å². The fourth-order valence-corrected chi connectivity index (χ4v) is 3.14. The number of rotatable bonds is 1. The lowest BCUT2D eigenvalue weighted by molar-refractivity contribution is -0.0681. The molecule has 0 radical (unpaired) electrons. The maximum Gasteiger partial charge on any atom is 0.336 e. The Balaban J connectivity index is 1.97. The van der Waals surface area contributed by atoms with E-state index in [0.717, 1.165) is 0 Å². The van der Waals surface area contributed by atoms with Crippen LogP contribution in [0, 0.1) is 0 Å². The van der Waals surface area contributed by atoms with Gasteiger partial charge in [0.15, 0.2) is 0 Å². The number of nitrogens with zero attached hydrogens (tertiary/aromatic N) is 1. The van der Waals surface area contributed by atoms with E-state index in [1.54, 1.807) is 42.5 Å². The SMILES string of the molecule is CC1(C)N=C(c2ccc3oc(=O)ccc3c2)c2ccccc2C1(F)F. The molecule has 0 saturated carbocycles. The van der Waals surface area contributed by atoms with E-state index in [4.69, 9.17) is 4.42 Å². The molecule has 1 aliphatic rings. The van der Waals surface area contributed by atoms with Crippen LogP contribution in [0.2, 0.25) is 0 Å². The number of halogens is 2. The molecule has 126 valence electrons. The maximum absolute atomic E-state index is 14.8. The van der Waals surface area contributed by atoms with Crippen molar-refractivity contribution in [2.75, 3.05) is 0 Å². The van der Waals surface area contributed by atoms with Crippen molar-refractivity contribution in [2.45, 2.75) is 25.3 Å². The lowest BCUT2D eigenvalue weighted by Gasteiger charge is -2.37. The third-order valence-electron chi connectivity index (χ3n) is 4.57. The Morgan fingerprint density at radius 3 is 2.56 bits per heavy atom. The normalized spacial score (nSPS) is 17.8. The van der Waals surface area contributed by atoms with Gasteiger partial charge in [-0.1, -0.05) is 24.3 Å². The molecular weight excluding hydrogens is 324 g/mol. The highest BCUT2D eigenvalue weighted by Gasteiger charge is 2.52. The molecule has 0 fully saturated rings. The van der Waals surface area contributed by atoms with Crippen molar-refractivity contribution in [2.24, 2.45) is 4.99 Å². The van der Waals surface area contributed by atoms with Crippen molar-refractivity contribution in [1.29, 1.82) is 0 Å². The lowest BCUT2D eigenvalue weighted by atomic mass is 9.81. The van der Waals surface area contributed by atoms with Gasteiger partial charge in [-0.3, -0.25) is 4.99 Å². The van der Waals surface area contributed by atoms with Gasteiger partial charge in [-0.2, -0.15) is 8.78 Å². The van der Waals surface area contributed by atoms with E-state index in [-0.39, 0.29) is 5.56 Å². The summed E-state index contributed by atoms with van der Waals surface area (Å²) in [4.78, 5) is 15.7. The van der Waals surface area contributed by atoms with Crippen molar-refractivity contribution in [3.8, 4) is 0 Å². The summed E-state index contributed by atoms with van der Waals surface area (Å²) in [5.74, 6) is -3.06. The third kappa shape index (κ3) is 2.30. The minimum atomic E-state index is -3.06. The van der Waals surface area contributed by atoms with Crippen LogP contribution >= 0.6 is 0 Å². The fourth-order valence-electron chi connectivity index (χ4n) is 3.14. The van der Waals surface area contributed by atoms with E-state index in [1.165, 1.54) is 26.0 Å². The van der Waals surface area contributed by atoms with Crippen molar-refractivity contribution >= 4 is 16.7 Å². The molecule has 4 rings (SSSR count). The summed E-state index contributed by atoms with van der Waals surface area (Å²) in [5.41, 5.74) is 0.0756. The van der Waals surface area contributed by atoms with E-state index in [0.29, 0.717) is 27.8 Å². The first-order chi connectivity index (χ1) is 11.8. The average molecular weight is 339 g/mol. The minimum absolute atomic E-state index is 0.0234. The zero-order chi connectivity index (χ0) is 17.8. The molecule has 2 heterocycles. The summed E-state index contributed by atoms with van der Waals surface area (Å²) < 4.78 is 34.7. The molecule has 3 nitrogen and oxygen atoms in total. The van der Waals surface area contributed by atoms with Crippen LogP contribution in [-0.4, -0.2) is 11.3 Å².